The monoisotopic (exact) mass is 318 g/mol. The lowest BCUT2D eigenvalue weighted by molar-refractivity contribution is -0.121. The first kappa shape index (κ1) is 16.5. The highest BCUT2D eigenvalue weighted by molar-refractivity contribution is 5.84. The van der Waals surface area contributed by atoms with Gasteiger partial charge in [-0.1, -0.05) is 22.9 Å². The summed E-state index contributed by atoms with van der Waals surface area (Å²) in [7, 11) is 1.61. The molecular formula is C15H18N4O4. The predicted octanol–water partition coefficient (Wildman–Crippen LogP) is 0.652. The molecule has 0 aliphatic carbocycles. The van der Waals surface area contributed by atoms with Crippen molar-refractivity contribution in [1.82, 2.24) is 20.3 Å². The van der Waals surface area contributed by atoms with Gasteiger partial charge in [0.2, 0.25) is 5.91 Å². The zero-order valence-corrected chi connectivity index (χ0v) is 12.9. The molecule has 1 aromatic heterocycles. The molecule has 0 saturated heterocycles. The number of rotatable bonds is 7. The minimum atomic E-state index is -1.18. The van der Waals surface area contributed by atoms with E-state index in [1.807, 2.05) is 25.1 Å². The minimum Gasteiger partial charge on any atom is -0.496 e. The maximum absolute atomic E-state index is 11.8. The van der Waals surface area contributed by atoms with Gasteiger partial charge in [0.25, 0.3) is 0 Å². The Balaban J connectivity index is 1.85. The third-order valence-corrected chi connectivity index (χ3v) is 3.22. The highest BCUT2D eigenvalue weighted by atomic mass is 16.5. The molecule has 0 radical (unpaired) electrons. The standard InChI is InChI=1S/C15H18N4O4/c1-10-3-4-13(23-2)11(7-10)5-6-16-14(20)9-19-8-12(15(21)22)17-18-19/h3-4,7-8H,5-6,9H2,1-2H3,(H,16,20)(H,21,22). The van der Waals surface area contributed by atoms with E-state index in [1.54, 1.807) is 7.11 Å². The first-order valence-electron chi connectivity index (χ1n) is 7.03. The molecule has 2 N–H and O–H groups in total. The van der Waals surface area contributed by atoms with E-state index in [1.165, 1.54) is 10.9 Å². The molecule has 8 nitrogen and oxygen atoms in total. The summed E-state index contributed by atoms with van der Waals surface area (Å²) in [4.78, 5) is 22.5. The lowest BCUT2D eigenvalue weighted by Gasteiger charge is -2.10. The molecule has 0 bridgehead atoms. The molecule has 0 unspecified atom stereocenters. The number of aromatic carboxylic acids is 1. The molecule has 0 atom stereocenters. The van der Waals surface area contributed by atoms with E-state index in [9.17, 15) is 9.59 Å². The molecule has 2 aromatic rings. The first-order chi connectivity index (χ1) is 11.0. The number of aromatic nitrogens is 3. The molecule has 1 heterocycles. The summed E-state index contributed by atoms with van der Waals surface area (Å²) in [5.74, 6) is -0.658. The van der Waals surface area contributed by atoms with Crippen LogP contribution in [0.15, 0.2) is 24.4 Å². The number of ether oxygens (including phenoxy) is 1. The smallest absolute Gasteiger partial charge is 0.358 e. The van der Waals surface area contributed by atoms with Gasteiger partial charge in [-0.25, -0.2) is 9.48 Å². The number of carboxylic acid groups (broad SMARTS) is 1. The van der Waals surface area contributed by atoms with Crippen LogP contribution in [0, 0.1) is 6.92 Å². The van der Waals surface area contributed by atoms with Gasteiger partial charge in [-0.05, 0) is 25.0 Å². The average Bonchev–Trinajstić information content (AvgIpc) is 2.96. The highest BCUT2D eigenvalue weighted by Gasteiger charge is 2.10. The van der Waals surface area contributed by atoms with Crippen LogP contribution in [0.5, 0.6) is 5.75 Å². The van der Waals surface area contributed by atoms with Crippen molar-refractivity contribution >= 4 is 11.9 Å². The number of methoxy groups -OCH3 is 1. The van der Waals surface area contributed by atoms with E-state index in [4.69, 9.17) is 9.84 Å². The molecule has 23 heavy (non-hydrogen) atoms. The van der Waals surface area contributed by atoms with Crippen molar-refractivity contribution < 1.29 is 19.4 Å². The van der Waals surface area contributed by atoms with Crippen molar-refractivity contribution in [2.75, 3.05) is 13.7 Å². The van der Waals surface area contributed by atoms with Gasteiger partial charge in [0.05, 0.1) is 13.3 Å². The second-order valence-corrected chi connectivity index (χ2v) is 5.02. The fourth-order valence-electron chi connectivity index (χ4n) is 2.12. The van der Waals surface area contributed by atoms with E-state index in [-0.39, 0.29) is 18.1 Å². The second-order valence-electron chi connectivity index (χ2n) is 5.02. The van der Waals surface area contributed by atoms with Crippen LogP contribution in [0.2, 0.25) is 0 Å². The molecule has 0 spiro atoms. The molecule has 0 fully saturated rings. The lowest BCUT2D eigenvalue weighted by Crippen LogP contribution is -2.29. The van der Waals surface area contributed by atoms with Gasteiger partial charge in [0.15, 0.2) is 5.69 Å². The molecule has 0 saturated carbocycles. The van der Waals surface area contributed by atoms with Crippen LogP contribution in [0.25, 0.3) is 0 Å². The number of carbonyl (C=O) groups excluding carboxylic acids is 1. The number of carboxylic acids is 1. The Kier molecular flexibility index (Phi) is 5.29. The van der Waals surface area contributed by atoms with Crippen LogP contribution in [0.1, 0.15) is 21.6 Å². The lowest BCUT2D eigenvalue weighted by atomic mass is 10.1. The second kappa shape index (κ2) is 7.39. The van der Waals surface area contributed by atoms with Crippen molar-refractivity contribution in [2.45, 2.75) is 19.9 Å². The summed E-state index contributed by atoms with van der Waals surface area (Å²) in [5, 5.41) is 18.5. The topological polar surface area (TPSA) is 106 Å². The Bertz CT molecular complexity index is 711. The molecule has 122 valence electrons. The first-order valence-corrected chi connectivity index (χ1v) is 7.03. The van der Waals surface area contributed by atoms with Crippen LogP contribution in [-0.2, 0) is 17.8 Å². The number of carbonyl (C=O) groups is 2. The third-order valence-electron chi connectivity index (χ3n) is 3.22. The molecule has 1 amide bonds. The van der Waals surface area contributed by atoms with Crippen molar-refractivity contribution in [1.29, 1.82) is 0 Å². The Hall–Kier alpha value is -2.90. The van der Waals surface area contributed by atoms with Crippen LogP contribution < -0.4 is 10.1 Å². The van der Waals surface area contributed by atoms with Gasteiger partial charge in [0, 0.05) is 6.54 Å². The molecule has 1 aromatic carbocycles. The molecular weight excluding hydrogens is 300 g/mol. The van der Waals surface area contributed by atoms with E-state index in [2.05, 4.69) is 15.6 Å². The Morgan fingerprint density at radius 1 is 1.39 bits per heavy atom. The molecule has 0 aliphatic heterocycles. The van der Waals surface area contributed by atoms with Gasteiger partial charge >= 0.3 is 5.97 Å². The van der Waals surface area contributed by atoms with Crippen LogP contribution >= 0.6 is 0 Å². The molecule has 2 rings (SSSR count). The van der Waals surface area contributed by atoms with Gasteiger partial charge < -0.3 is 15.2 Å². The summed E-state index contributed by atoms with van der Waals surface area (Å²) in [6.07, 6.45) is 1.85. The fourth-order valence-corrected chi connectivity index (χ4v) is 2.12. The zero-order chi connectivity index (χ0) is 16.8. The number of nitrogens with zero attached hydrogens (tertiary/aromatic N) is 3. The number of hydrogen-bond acceptors (Lipinski definition) is 5. The maximum Gasteiger partial charge on any atom is 0.358 e. The van der Waals surface area contributed by atoms with Crippen LogP contribution in [0.3, 0.4) is 0 Å². The van der Waals surface area contributed by atoms with E-state index < -0.39 is 5.97 Å². The number of amides is 1. The van der Waals surface area contributed by atoms with Crippen molar-refractivity contribution in [3.05, 3.63) is 41.2 Å². The van der Waals surface area contributed by atoms with E-state index in [0.717, 1.165) is 16.9 Å². The quantitative estimate of drug-likeness (QED) is 0.776. The fraction of sp³-hybridized carbons (Fsp3) is 0.333. The van der Waals surface area contributed by atoms with Gasteiger partial charge in [-0.15, -0.1) is 5.10 Å². The SMILES string of the molecule is COc1ccc(C)cc1CCNC(=O)Cn1cc(C(=O)O)nn1. The molecule has 0 aliphatic rings. The van der Waals surface area contributed by atoms with Gasteiger partial charge in [-0.2, -0.15) is 0 Å². The number of hydrogen-bond donors (Lipinski definition) is 2. The average molecular weight is 318 g/mol. The van der Waals surface area contributed by atoms with Crippen LogP contribution in [0.4, 0.5) is 0 Å². The van der Waals surface area contributed by atoms with Crippen LogP contribution in [-0.4, -0.2) is 45.6 Å². The Labute approximate surface area is 133 Å². The number of nitrogens with one attached hydrogen (secondary N) is 1. The predicted molar refractivity (Wildman–Crippen MR) is 81.4 cm³/mol. The van der Waals surface area contributed by atoms with Crippen molar-refractivity contribution in [3.8, 4) is 5.75 Å². The summed E-state index contributed by atoms with van der Waals surface area (Å²) < 4.78 is 6.47. The summed E-state index contributed by atoms with van der Waals surface area (Å²) >= 11 is 0. The Morgan fingerprint density at radius 2 is 2.17 bits per heavy atom. The maximum atomic E-state index is 11.8. The zero-order valence-electron chi connectivity index (χ0n) is 12.9. The van der Waals surface area contributed by atoms with Gasteiger partial charge in [0.1, 0.15) is 12.3 Å². The van der Waals surface area contributed by atoms with Gasteiger partial charge in [-0.3, -0.25) is 4.79 Å². The summed E-state index contributed by atoms with van der Waals surface area (Å²) in [6, 6.07) is 5.88. The van der Waals surface area contributed by atoms with Crippen molar-refractivity contribution in [3.63, 3.8) is 0 Å². The third kappa shape index (κ3) is 4.53. The minimum absolute atomic E-state index is 0.0781. The number of benzene rings is 1. The van der Waals surface area contributed by atoms with E-state index in [0.29, 0.717) is 13.0 Å². The van der Waals surface area contributed by atoms with Crippen molar-refractivity contribution in [2.24, 2.45) is 0 Å². The largest absolute Gasteiger partial charge is 0.496 e. The normalized spacial score (nSPS) is 10.3. The highest BCUT2D eigenvalue weighted by Crippen LogP contribution is 2.19. The summed E-state index contributed by atoms with van der Waals surface area (Å²) in [6.45, 7) is 2.36. The number of aryl methyl sites for hydroxylation is 1. The summed E-state index contributed by atoms with van der Waals surface area (Å²) in [5.41, 5.74) is 1.94. The molecule has 8 heteroatoms. The van der Waals surface area contributed by atoms with E-state index >= 15 is 0 Å². The Morgan fingerprint density at radius 3 is 2.83 bits per heavy atom.